The Balaban J connectivity index is 1.92. The van der Waals surface area contributed by atoms with Crippen molar-refractivity contribution < 1.29 is 9.53 Å². The highest BCUT2D eigenvalue weighted by Crippen LogP contribution is 2.37. The topological polar surface area (TPSA) is 29.5 Å². The van der Waals surface area contributed by atoms with E-state index in [9.17, 15) is 5.11 Å². The summed E-state index contributed by atoms with van der Waals surface area (Å²) in [5.41, 5.74) is 0. The van der Waals surface area contributed by atoms with E-state index in [-0.39, 0.29) is 11.1 Å². The first-order chi connectivity index (χ1) is 12.9. The van der Waals surface area contributed by atoms with Crippen LogP contribution >= 0.6 is 0 Å². The van der Waals surface area contributed by atoms with Crippen LogP contribution < -0.4 is 10.4 Å². The Morgan fingerprint density at radius 2 is 1.41 bits per heavy atom. The van der Waals surface area contributed by atoms with Gasteiger partial charge in [-0.15, -0.1) is 0 Å². The molecular formula is C24H34O2Si. The minimum atomic E-state index is -2.44. The fraction of sp³-hybridized carbons (Fsp3) is 0.500. The second kappa shape index (κ2) is 8.72. The first-order valence-corrected chi connectivity index (χ1v) is 12.3. The lowest BCUT2D eigenvalue weighted by atomic mass is 9.85. The van der Waals surface area contributed by atoms with E-state index in [1.165, 1.54) is 16.8 Å². The van der Waals surface area contributed by atoms with Gasteiger partial charge in [-0.2, -0.15) is 0 Å². The van der Waals surface area contributed by atoms with Gasteiger partial charge >= 0.3 is 0 Å². The Hall–Kier alpha value is -1.42. The summed E-state index contributed by atoms with van der Waals surface area (Å²) in [6, 6.07) is 21.6. The van der Waals surface area contributed by atoms with Crippen molar-refractivity contribution in [2.24, 2.45) is 5.92 Å². The van der Waals surface area contributed by atoms with Crippen molar-refractivity contribution in [1.29, 1.82) is 0 Å². The molecule has 0 spiro atoms. The molecule has 1 aliphatic carbocycles. The van der Waals surface area contributed by atoms with Gasteiger partial charge in [-0.3, -0.25) is 0 Å². The summed E-state index contributed by atoms with van der Waals surface area (Å²) in [4.78, 5) is 0. The summed E-state index contributed by atoms with van der Waals surface area (Å²) in [6.07, 6.45) is 5.27. The second-order valence-electron chi connectivity index (χ2n) is 8.91. The molecule has 2 atom stereocenters. The van der Waals surface area contributed by atoms with Crippen LogP contribution in [-0.4, -0.2) is 26.1 Å². The maximum absolute atomic E-state index is 10.3. The number of benzene rings is 2. The van der Waals surface area contributed by atoms with Crippen LogP contribution in [0.2, 0.25) is 5.04 Å². The summed E-state index contributed by atoms with van der Waals surface area (Å²) in [5.74, 6) is 0.386. The molecule has 3 rings (SSSR count). The minimum Gasteiger partial charge on any atom is -0.407 e. The highest BCUT2D eigenvalue weighted by molar-refractivity contribution is 6.99. The van der Waals surface area contributed by atoms with Gasteiger partial charge in [0, 0.05) is 6.61 Å². The van der Waals surface area contributed by atoms with Crippen molar-refractivity contribution in [3.8, 4) is 0 Å². The van der Waals surface area contributed by atoms with Gasteiger partial charge in [-0.25, -0.2) is 0 Å². The highest BCUT2D eigenvalue weighted by Gasteiger charge is 2.50. The van der Waals surface area contributed by atoms with E-state index in [2.05, 4.69) is 81.4 Å². The Kier molecular flexibility index (Phi) is 6.56. The standard InChI is InChI=1S/C24H34O2Si/c1-24(2,3)27(21-13-6-4-7-14-21,22-15-8-5-9-16-22)26-19-18-20-12-10-11-17-23(20)25/h4-9,13-16,20,23,25H,10-12,17-19H2,1-3H3/t20-,23+/m0/s1. The largest absolute Gasteiger partial charge is 0.407 e. The smallest absolute Gasteiger partial charge is 0.261 e. The van der Waals surface area contributed by atoms with Crippen LogP contribution in [0.3, 0.4) is 0 Å². The Morgan fingerprint density at radius 3 is 1.89 bits per heavy atom. The lowest BCUT2D eigenvalue weighted by Gasteiger charge is -2.43. The van der Waals surface area contributed by atoms with Crippen molar-refractivity contribution in [3.63, 3.8) is 0 Å². The summed E-state index contributed by atoms with van der Waals surface area (Å²) in [6.45, 7) is 7.66. The first-order valence-electron chi connectivity index (χ1n) is 10.4. The third-order valence-corrected chi connectivity index (χ3v) is 11.1. The van der Waals surface area contributed by atoms with Gasteiger partial charge in [0.25, 0.3) is 8.32 Å². The lowest BCUT2D eigenvalue weighted by molar-refractivity contribution is 0.0564. The van der Waals surface area contributed by atoms with Crippen molar-refractivity contribution in [2.45, 2.75) is 64.0 Å². The molecule has 0 aromatic heterocycles. The molecule has 2 aromatic carbocycles. The van der Waals surface area contributed by atoms with E-state index < -0.39 is 8.32 Å². The fourth-order valence-corrected chi connectivity index (χ4v) is 9.23. The Morgan fingerprint density at radius 1 is 0.889 bits per heavy atom. The third kappa shape index (κ3) is 4.36. The SMILES string of the molecule is CC(C)(C)[Si](OCC[C@@H]1CCCC[C@H]1O)(c1ccccc1)c1ccccc1. The van der Waals surface area contributed by atoms with Gasteiger partial charge in [0.05, 0.1) is 6.10 Å². The number of hydrogen-bond donors (Lipinski definition) is 1. The van der Waals surface area contributed by atoms with Crippen molar-refractivity contribution in [2.75, 3.05) is 6.61 Å². The normalized spacial score (nSPS) is 21.2. The summed E-state index contributed by atoms with van der Waals surface area (Å²) < 4.78 is 6.95. The highest BCUT2D eigenvalue weighted by atomic mass is 28.4. The van der Waals surface area contributed by atoms with Crippen molar-refractivity contribution >= 4 is 18.7 Å². The van der Waals surface area contributed by atoms with Crippen LogP contribution in [0.5, 0.6) is 0 Å². The molecule has 27 heavy (non-hydrogen) atoms. The number of rotatable bonds is 6. The van der Waals surface area contributed by atoms with Crippen LogP contribution in [0.15, 0.2) is 60.7 Å². The van der Waals surface area contributed by atoms with E-state index in [0.29, 0.717) is 5.92 Å². The summed E-state index contributed by atoms with van der Waals surface area (Å²) in [7, 11) is -2.44. The van der Waals surface area contributed by atoms with E-state index >= 15 is 0 Å². The monoisotopic (exact) mass is 382 g/mol. The first kappa shape index (κ1) is 20.3. The molecule has 3 heteroatoms. The number of aliphatic hydroxyl groups excluding tert-OH is 1. The summed E-state index contributed by atoms with van der Waals surface area (Å²) >= 11 is 0. The van der Waals surface area contributed by atoms with Gasteiger partial charge in [0.15, 0.2) is 0 Å². The van der Waals surface area contributed by atoms with Gasteiger partial charge in [0.2, 0.25) is 0 Å². The average Bonchev–Trinajstić information content (AvgIpc) is 2.67. The predicted octanol–water partition coefficient (Wildman–Crippen LogP) is 4.50. The molecular weight excluding hydrogens is 348 g/mol. The maximum atomic E-state index is 10.3. The molecule has 0 saturated heterocycles. The summed E-state index contributed by atoms with van der Waals surface area (Å²) in [5, 5.41) is 13.0. The van der Waals surface area contributed by atoms with Gasteiger partial charge in [0.1, 0.15) is 0 Å². The zero-order chi connectivity index (χ0) is 19.3. The zero-order valence-corrected chi connectivity index (χ0v) is 18.0. The van der Waals surface area contributed by atoms with E-state index in [4.69, 9.17) is 4.43 Å². The zero-order valence-electron chi connectivity index (χ0n) is 17.0. The molecule has 2 nitrogen and oxygen atoms in total. The molecule has 0 heterocycles. The third-order valence-electron chi connectivity index (χ3n) is 6.09. The van der Waals surface area contributed by atoms with E-state index in [1.54, 1.807) is 0 Å². The van der Waals surface area contributed by atoms with Crippen LogP contribution in [0.25, 0.3) is 0 Å². The molecule has 0 unspecified atom stereocenters. The molecule has 0 amide bonds. The van der Waals surface area contributed by atoms with Gasteiger partial charge in [-0.1, -0.05) is 94.3 Å². The Bertz CT molecular complexity index is 654. The van der Waals surface area contributed by atoms with E-state index in [1.807, 2.05) is 0 Å². The lowest BCUT2D eigenvalue weighted by Crippen LogP contribution is -2.66. The maximum Gasteiger partial charge on any atom is 0.261 e. The van der Waals surface area contributed by atoms with Crippen molar-refractivity contribution in [3.05, 3.63) is 60.7 Å². The molecule has 146 valence electrons. The predicted molar refractivity (Wildman–Crippen MR) is 116 cm³/mol. The molecule has 0 aliphatic heterocycles. The molecule has 1 N–H and O–H groups in total. The van der Waals surface area contributed by atoms with Crippen LogP contribution in [0.4, 0.5) is 0 Å². The number of aliphatic hydroxyl groups is 1. The fourth-order valence-electron chi connectivity index (χ4n) is 4.65. The van der Waals surface area contributed by atoms with Crippen LogP contribution in [0.1, 0.15) is 52.9 Å². The average molecular weight is 383 g/mol. The molecule has 1 saturated carbocycles. The second-order valence-corrected chi connectivity index (χ2v) is 13.2. The molecule has 0 bridgehead atoms. The minimum absolute atomic E-state index is 0.0148. The van der Waals surface area contributed by atoms with Crippen LogP contribution in [0, 0.1) is 5.92 Å². The molecule has 2 aromatic rings. The number of hydrogen-bond acceptors (Lipinski definition) is 2. The quantitative estimate of drug-likeness (QED) is 0.745. The van der Waals surface area contributed by atoms with E-state index in [0.717, 1.165) is 32.3 Å². The van der Waals surface area contributed by atoms with Crippen LogP contribution in [-0.2, 0) is 4.43 Å². The molecule has 1 aliphatic rings. The van der Waals surface area contributed by atoms with Gasteiger partial charge < -0.3 is 9.53 Å². The molecule has 0 radical (unpaired) electrons. The van der Waals surface area contributed by atoms with Gasteiger partial charge in [-0.05, 0) is 40.6 Å². The Labute approximate surface area is 165 Å². The molecule has 1 fully saturated rings. The van der Waals surface area contributed by atoms with Crippen molar-refractivity contribution in [1.82, 2.24) is 0 Å².